The fraction of sp³-hybridized carbons (Fsp3) is 0.750. The van der Waals surface area contributed by atoms with Gasteiger partial charge in [-0.15, -0.1) is 12.4 Å². The number of methoxy groups -OCH3 is 2. The van der Waals surface area contributed by atoms with Crippen molar-refractivity contribution in [1.82, 2.24) is 5.32 Å². The topological polar surface area (TPSA) is 94.1 Å². The van der Waals surface area contributed by atoms with Crippen LogP contribution in [0.5, 0.6) is 11.5 Å². The predicted octanol–water partition coefficient (Wildman–Crippen LogP) is 7.08. The van der Waals surface area contributed by atoms with Crippen molar-refractivity contribution in [3.05, 3.63) is 23.8 Å². The molecule has 1 aliphatic rings. The normalized spacial score (nSPS) is 14.7. The third-order valence-corrected chi connectivity index (χ3v) is 8.87. The maximum absolute atomic E-state index is 13.6. The highest BCUT2D eigenvalue weighted by Gasteiger charge is 2.46. The first-order chi connectivity index (χ1) is 18.6. The molecule has 0 aliphatic heterocycles. The molecular formula is C32H54ClNO6. The van der Waals surface area contributed by atoms with Crippen molar-refractivity contribution in [1.29, 1.82) is 0 Å². The van der Waals surface area contributed by atoms with Gasteiger partial charge in [-0.2, -0.15) is 0 Å². The summed E-state index contributed by atoms with van der Waals surface area (Å²) in [4.78, 5) is 25.6. The van der Waals surface area contributed by atoms with Gasteiger partial charge in [0.25, 0.3) is 0 Å². The van der Waals surface area contributed by atoms with Crippen LogP contribution in [-0.4, -0.2) is 51.0 Å². The zero-order valence-corrected chi connectivity index (χ0v) is 26.5. The maximum Gasteiger partial charge on any atom is 0.311 e. The van der Waals surface area contributed by atoms with Gasteiger partial charge < -0.3 is 24.6 Å². The van der Waals surface area contributed by atoms with Gasteiger partial charge in [0.05, 0.1) is 24.5 Å². The summed E-state index contributed by atoms with van der Waals surface area (Å²) < 4.78 is 16.5. The third kappa shape index (κ3) is 9.54. The number of aryl methyl sites for hydroxylation is 1. The van der Waals surface area contributed by atoms with Crippen molar-refractivity contribution >= 4 is 24.3 Å². The summed E-state index contributed by atoms with van der Waals surface area (Å²) in [6.45, 7) is 10.00. The van der Waals surface area contributed by atoms with E-state index in [1.165, 1.54) is 5.56 Å². The lowest BCUT2D eigenvalue weighted by molar-refractivity contribution is -0.149. The van der Waals surface area contributed by atoms with Crippen LogP contribution in [0.15, 0.2) is 18.2 Å². The van der Waals surface area contributed by atoms with Crippen LogP contribution in [0.2, 0.25) is 0 Å². The van der Waals surface area contributed by atoms with Crippen molar-refractivity contribution in [2.45, 2.75) is 98.3 Å². The van der Waals surface area contributed by atoms with Crippen LogP contribution in [0, 0.1) is 22.7 Å². The molecule has 1 aromatic carbocycles. The van der Waals surface area contributed by atoms with Crippen molar-refractivity contribution in [3.8, 4) is 11.5 Å². The minimum absolute atomic E-state index is 0. The van der Waals surface area contributed by atoms with E-state index in [0.717, 1.165) is 69.3 Å². The number of aliphatic carboxylic acids is 1. The van der Waals surface area contributed by atoms with Crippen molar-refractivity contribution < 1.29 is 28.9 Å². The Hall–Kier alpha value is -1.99. The zero-order chi connectivity index (χ0) is 28.9. The molecule has 0 bridgehead atoms. The SMILES string of the molecule is COCCCOc1cc(CCCCCCC(C(=O)NCC2(C(=O)O)CCCC2)(C(C)C)C(C)C)ccc1OC.Cl. The van der Waals surface area contributed by atoms with Crippen LogP contribution >= 0.6 is 12.4 Å². The lowest BCUT2D eigenvalue weighted by Crippen LogP contribution is -2.51. The summed E-state index contributed by atoms with van der Waals surface area (Å²) in [6, 6.07) is 6.15. The molecule has 1 fully saturated rings. The van der Waals surface area contributed by atoms with Crippen LogP contribution in [0.1, 0.15) is 97.5 Å². The van der Waals surface area contributed by atoms with Gasteiger partial charge in [0.1, 0.15) is 0 Å². The Morgan fingerprint density at radius 2 is 1.60 bits per heavy atom. The van der Waals surface area contributed by atoms with Crippen molar-refractivity contribution in [2.24, 2.45) is 22.7 Å². The van der Waals surface area contributed by atoms with E-state index < -0.39 is 16.8 Å². The van der Waals surface area contributed by atoms with E-state index in [-0.39, 0.29) is 36.7 Å². The van der Waals surface area contributed by atoms with Crippen LogP contribution in [0.4, 0.5) is 0 Å². The molecule has 230 valence electrons. The molecule has 1 aromatic rings. The van der Waals surface area contributed by atoms with E-state index in [4.69, 9.17) is 14.2 Å². The fourth-order valence-corrected chi connectivity index (χ4v) is 6.29. The Bertz CT molecular complexity index is 889. The standard InChI is InChI=1S/C32H53NO6.ClH/c1-24(2)32(25(3)4,29(34)33-23-31(30(35)36)17-11-12-18-31)19-10-8-7-9-14-26-15-16-27(38-6)28(22-26)39-21-13-20-37-5;/h15-16,22,24-25H,7-14,17-21,23H2,1-6H3,(H,33,34)(H,35,36);1H. The van der Waals surface area contributed by atoms with Gasteiger partial charge in [-0.3, -0.25) is 9.59 Å². The van der Waals surface area contributed by atoms with E-state index in [2.05, 4.69) is 45.1 Å². The second kappa shape index (κ2) is 17.7. The molecular weight excluding hydrogens is 530 g/mol. The van der Waals surface area contributed by atoms with E-state index in [0.29, 0.717) is 26.1 Å². The highest BCUT2D eigenvalue weighted by Crippen LogP contribution is 2.43. The predicted molar refractivity (Wildman–Crippen MR) is 163 cm³/mol. The third-order valence-electron chi connectivity index (χ3n) is 8.87. The number of hydrogen-bond donors (Lipinski definition) is 2. The van der Waals surface area contributed by atoms with Gasteiger partial charge in [-0.25, -0.2) is 0 Å². The zero-order valence-electron chi connectivity index (χ0n) is 25.7. The number of amides is 1. The fourth-order valence-electron chi connectivity index (χ4n) is 6.29. The largest absolute Gasteiger partial charge is 0.493 e. The molecule has 0 saturated heterocycles. The van der Waals surface area contributed by atoms with Gasteiger partial charge in [0.2, 0.25) is 5.91 Å². The molecule has 2 N–H and O–H groups in total. The van der Waals surface area contributed by atoms with E-state index in [1.54, 1.807) is 14.2 Å². The number of carbonyl (C=O) groups excluding carboxylic acids is 1. The second-order valence-corrected chi connectivity index (χ2v) is 11.9. The second-order valence-electron chi connectivity index (χ2n) is 11.9. The highest BCUT2D eigenvalue weighted by molar-refractivity contribution is 5.85. The Balaban J connectivity index is 0.00000800. The number of rotatable bonds is 19. The molecule has 0 radical (unpaired) electrons. The molecule has 1 saturated carbocycles. The Morgan fingerprint density at radius 1 is 0.950 bits per heavy atom. The summed E-state index contributed by atoms with van der Waals surface area (Å²) in [5, 5.41) is 12.9. The van der Waals surface area contributed by atoms with Gasteiger partial charge >= 0.3 is 5.97 Å². The number of carbonyl (C=O) groups is 2. The lowest BCUT2D eigenvalue weighted by Gasteiger charge is -2.41. The molecule has 8 heteroatoms. The molecule has 0 unspecified atom stereocenters. The van der Waals surface area contributed by atoms with E-state index >= 15 is 0 Å². The number of carboxylic acids is 1. The van der Waals surface area contributed by atoms with Crippen molar-refractivity contribution in [2.75, 3.05) is 34.0 Å². The average molecular weight is 584 g/mol. The first-order valence-corrected chi connectivity index (χ1v) is 14.9. The number of unbranched alkanes of at least 4 members (excludes halogenated alkanes) is 3. The van der Waals surface area contributed by atoms with Gasteiger partial charge in [0.15, 0.2) is 11.5 Å². The Labute approximate surface area is 248 Å². The molecule has 2 rings (SSSR count). The first-order valence-electron chi connectivity index (χ1n) is 14.9. The first kappa shape index (κ1) is 36.0. The number of nitrogens with one attached hydrogen (secondary N) is 1. The smallest absolute Gasteiger partial charge is 0.311 e. The number of ether oxygens (including phenoxy) is 3. The molecule has 1 amide bonds. The Kier molecular flexibility index (Phi) is 16.0. The highest BCUT2D eigenvalue weighted by atomic mass is 35.5. The van der Waals surface area contributed by atoms with Crippen LogP contribution in [0.25, 0.3) is 0 Å². The van der Waals surface area contributed by atoms with Crippen LogP contribution in [-0.2, 0) is 20.7 Å². The quantitative estimate of drug-likeness (QED) is 0.169. The number of benzene rings is 1. The number of halogens is 1. The summed E-state index contributed by atoms with van der Waals surface area (Å²) in [6.07, 6.45) is 9.94. The number of hydrogen-bond acceptors (Lipinski definition) is 5. The van der Waals surface area contributed by atoms with Gasteiger partial charge in [-0.1, -0.05) is 65.9 Å². The maximum atomic E-state index is 13.6. The minimum atomic E-state index is -0.800. The molecule has 40 heavy (non-hydrogen) atoms. The van der Waals surface area contributed by atoms with Crippen LogP contribution in [0.3, 0.4) is 0 Å². The van der Waals surface area contributed by atoms with Crippen molar-refractivity contribution in [3.63, 3.8) is 0 Å². The van der Waals surface area contributed by atoms with Crippen LogP contribution < -0.4 is 14.8 Å². The summed E-state index contributed by atoms with van der Waals surface area (Å²) in [5.41, 5.74) is -0.0653. The summed E-state index contributed by atoms with van der Waals surface area (Å²) in [7, 11) is 3.35. The number of carboxylic acid groups (broad SMARTS) is 1. The molecule has 7 nitrogen and oxygen atoms in total. The Morgan fingerprint density at radius 3 is 2.17 bits per heavy atom. The molecule has 0 heterocycles. The monoisotopic (exact) mass is 583 g/mol. The minimum Gasteiger partial charge on any atom is -0.493 e. The van der Waals surface area contributed by atoms with Gasteiger partial charge in [-0.05, 0) is 61.6 Å². The van der Waals surface area contributed by atoms with E-state index in [9.17, 15) is 14.7 Å². The average Bonchev–Trinajstić information content (AvgIpc) is 3.39. The summed E-state index contributed by atoms with van der Waals surface area (Å²) >= 11 is 0. The molecule has 0 aromatic heterocycles. The molecule has 1 aliphatic carbocycles. The molecule has 0 atom stereocenters. The lowest BCUT2D eigenvalue weighted by atomic mass is 9.65. The van der Waals surface area contributed by atoms with E-state index in [1.807, 2.05) is 6.07 Å². The summed E-state index contributed by atoms with van der Waals surface area (Å²) in [5.74, 6) is 1.11. The molecule has 0 spiro atoms. The van der Waals surface area contributed by atoms with Gasteiger partial charge in [0, 0.05) is 26.7 Å².